The number of rotatable bonds is 5. The third-order valence-electron chi connectivity index (χ3n) is 3.59. The average Bonchev–Trinajstić information content (AvgIpc) is 2.50. The molecule has 3 nitrogen and oxygen atoms in total. The summed E-state index contributed by atoms with van der Waals surface area (Å²) in [6.07, 6.45) is 0.326. The Kier molecular flexibility index (Phi) is 7.09. The maximum atomic E-state index is 12.2. The van der Waals surface area contributed by atoms with Crippen molar-refractivity contribution >= 4 is 18.3 Å². The Bertz CT molecular complexity index is 584. The molecule has 2 N–H and O–H groups in total. The summed E-state index contributed by atoms with van der Waals surface area (Å²) in [5, 5.41) is 0. The van der Waals surface area contributed by atoms with Gasteiger partial charge in [-0.05, 0) is 18.1 Å². The first-order valence-electron chi connectivity index (χ1n) is 7.16. The van der Waals surface area contributed by atoms with Crippen LogP contribution in [0.3, 0.4) is 0 Å². The first-order chi connectivity index (χ1) is 10.1. The summed E-state index contributed by atoms with van der Waals surface area (Å²) in [4.78, 5) is 14.0. The first-order valence-corrected chi connectivity index (χ1v) is 7.16. The lowest BCUT2D eigenvalue weighted by Gasteiger charge is -2.20. The van der Waals surface area contributed by atoms with E-state index >= 15 is 0 Å². The second kappa shape index (κ2) is 8.57. The minimum absolute atomic E-state index is 0. The molecule has 0 aliphatic rings. The molecule has 0 spiro atoms. The van der Waals surface area contributed by atoms with Gasteiger partial charge in [-0.25, -0.2) is 0 Å². The maximum Gasteiger partial charge on any atom is 0.224 e. The second-order valence-corrected chi connectivity index (χ2v) is 5.46. The van der Waals surface area contributed by atoms with Crippen molar-refractivity contribution in [1.82, 2.24) is 4.90 Å². The van der Waals surface area contributed by atoms with Crippen molar-refractivity contribution in [3.8, 4) is 0 Å². The predicted molar refractivity (Wildman–Crippen MR) is 92.9 cm³/mol. The lowest BCUT2D eigenvalue weighted by molar-refractivity contribution is -0.130. The number of aryl methyl sites for hydroxylation is 1. The van der Waals surface area contributed by atoms with Crippen LogP contribution in [-0.4, -0.2) is 17.9 Å². The number of nitrogens with two attached hydrogens (primary N) is 1. The Labute approximate surface area is 138 Å². The third-order valence-corrected chi connectivity index (χ3v) is 3.59. The van der Waals surface area contributed by atoms with Crippen LogP contribution in [0, 0.1) is 6.92 Å². The molecule has 0 heterocycles. The van der Waals surface area contributed by atoms with Crippen molar-refractivity contribution < 1.29 is 4.79 Å². The Morgan fingerprint density at radius 1 is 1.09 bits per heavy atom. The lowest BCUT2D eigenvalue weighted by atomic mass is 10.0. The van der Waals surface area contributed by atoms with Gasteiger partial charge in [0.1, 0.15) is 0 Å². The maximum absolute atomic E-state index is 12.2. The Hall–Kier alpha value is -1.84. The number of benzene rings is 2. The van der Waals surface area contributed by atoms with E-state index in [9.17, 15) is 4.79 Å². The zero-order valence-corrected chi connectivity index (χ0v) is 13.8. The van der Waals surface area contributed by atoms with Crippen LogP contribution in [0.15, 0.2) is 54.6 Å². The number of carbonyl (C=O) groups is 1. The van der Waals surface area contributed by atoms with Crippen molar-refractivity contribution in [2.24, 2.45) is 5.73 Å². The molecule has 22 heavy (non-hydrogen) atoms. The average molecular weight is 319 g/mol. The standard InChI is InChI=1S/C18H22N2O.ClH/c1-14-8-10-15(11-9-14)13-20(2)18(21)12-17(19)16-6-4-3-5-7-16;/h3-11,17H,12-13,19H2,1-2H3;1H. The van der Waals surface area contributed by atoms with E-state index in [1.165, 1.54) is 5.56 Å². The number of hydrogen-bond donors (Lipinski definition) is 1. The quantitative estimate of drug-likeness (QED) is 0.917. The topological polar surface area (TPSA) is 46.3 Å². The molecule has 0 aliphatic carbocycles. The van der Waals surface area contributed by atoms with Gasteiger partial charge in [0.15, 0.2) is 0 Å². The molecule has 0 aromatic heterocycles. The van der Waals surface area contributed by atoms with E-state index in [1.807, 2.05) is 37.4 Å². The molecule has 0 aliphatic heterocycles. The van der Waals surface area contributed by atoms with Crippen LogP contribution in [0.1, 0.15) is 29.2 Å². The monoisotopic (exact) mass is 318 g/mol. The van der Waals surface area contributed by atoms with Crippen LogP contribution in [0.25, 0.3) is 0 Å². The van der Waals surface area contributed by atoms with Crippen molar-refractivity contribution in [3.05, 3.63) is 71.3 Å². The van der Waals surface area contributed by atoms with Crippen molar-refractivity contribution in [2.75, 3.05) is 7.05 Å². The smallest absolute Gasteiger partial charge is 0.224 e. The molecule has 2 rings (SSSR count). The lowest BCUT2D eigenvalue weighted by Crippen LogP contribution is -2.29. The second-order valence-electron chi connectivity index (χ2n) is 5.46. The molecule has 1 unspecified atom stereocenters. The highest BCUT2D eigenvalue weighted by Gasteiger charge is 2.15. The Balaban J connectivity index is 0.00000242. The summed E-state index contributed by atoms with van der Waals surface area (Å²) in [6.45, 7) is 2.66. The van der Waals surface area contributed by atoms with Gasteiger partial charge in [0.2, 0.25) is 5.91 Å². The molecule has 0 saturated carbocycles. The van der Waals surface area contributed by atoms with E-state index in [4.69, 9.17) is 5.73 Å². The zero-order valence-electron chi connectivity index (χ0n) is 13.0. The number of hydrogen-bond acceptors (Lipinski definition) is 2. The summed E-state index contributed by atoms with van der Waals surface area (Å²) >= 11 is 0. The van der Waals surface area contributed by atoms with Gasteiger partial charge in [-0.15, -0.1) is 12.4 Å². The SMILES string of the molecule is Cc1ccc(CN(C)C(=O)CC(N)c2ccccc2)cc1.Cl. The van der Waals surface area contributed by atoms with E-state index in [-0.39, 0.29) is 24.4 Å². The van der Waals surface area contributed by atoms with Gasteiger partial charge in [0, 0.05) is 26.1 Å². The Morgan fingerprint density at radius 2 is 1.68 bits per heavy atom. The highest BCUT2D eigenvalue weighted by molar-refractivity contribution is 5.85. The third kappa shape index (κ3) is 5.17. The van der Waals surface area contributed by atoms with Gasteiger partial charge in [0.05, 0.1) is 0 Å². The number of halogens is 1. The number of amides is 1. The van der Waals surface area contributed by atoms with Gasteiger partial charge in [-0.1, -0.05) is 60.2 Å². The fourth-order valence-electron chi connectivity index (χ4n) is 2.22. The first kappa shape index (κ1) is 18.2. The predicted octanol–water partition coefficient (Wildman–Crippen LogP) is 3.47. The van der Waals surface area contributed by atoms with Crippen LogP contribution >= 0.6 is 12.4 Å². The molecule has 0 fully saturated rings. The summed E-state index contributed by atoms with van der Waals surface area (Å²) in [6, 6.07) is 17.7. The van der Waals surface area contributed by atoms with Crippen molar-refractivity contribution in [3.63, 3.8) is 0 Å². The van der Waals surface area contributed by atoms with E-state index in [0.29, 0.717) is 13.0 Å². The van der Waals surface area contributed by atoms with Crippen molar-refractivity contribution in [1.29, 1.82) is 0 Å². The van der Waals surface area contributed by atoms with Crippen LogP contribution < -0.4 is 5.73 Å². The van der Waals surface area contributed by atoms with Gasteiger partial charge in [-0.2, -0.15) is 0 Å². The summed E-state index contributed by atoms with van der Waals surface area (Å²) in [7, 11) is 1.82. The van der Waals surface area contributed by atoms with Crippen LogP contribution in [0.4, 0.5) is 0 Å². The van der Waals surface area contributed by atoms with Crippen LogP contribution in [0.5, 0.6) is 0 Å². The van der Waals surface area contributed by atoms with E-state index < -0.39 is 0 Å². The van der Waals surface area contributed by atoms with Crippen LogP contribution in [0.2, 0.25) is 0 Å². The highest BCUT2D eigenvalue weighted by atomic mass is 35.5. The minimum Gasteiger partial charge on any atom is -0.341 e. The fourth-order valence-corrected chi connectivity index (χ4v) is 2.22. The number of nitrogens with zero attached hydrogens (tertiary/aromatic N) is 1. The van der Waals surface area contributed by atoms with Gasteiger partial charge < -0.3 is 10.6 Å². The molecule has 4 heteroatoms. The van der Waals surface area contributed by atoms with E-state index in [2.05, 4.69) is 31.2 Å². The van der Waals surface area contributed by atoms with Gasteiger partial charge in [-0.3, -0.25) is 4.79 Å². The van der Waals surface area contributed by atoms with Crippen LogP contribution in [-0.2, 0) is 11.3 Å². The molecule has 0 bridgehead atoms. The molecular formula is C18H23ClN2O. The molecule has 0 saturated heterocycles. The van der Waals surface area contributed by atoms with Gasteiger partial charge in [0.25, 0.3) is 0 Å². The largest absolute Gasteiger partial charge is 0.341 e. The highest BCUT2D eigenvalue weighted by Crippen LogP contribution is 2.15. The minimum atomic E-state index is -0.251. The molecule has 1 amide bonds. The van der Waals surface area contributed by atoms with Gasteiger partial charge >= 0.3 is 0 Å². The molecule has 2 aromatic rings. The fraction of sp³-hybridized carbons (Fsp3) is 0.278. The molecule has 1 atom stereocenters. The summed E-state index contributed by atoms with van der Waals surface area (Å²) in [5.74, 6) is 0.0620. The molecule has 2 aromatic carbocycles. The summed E-state index contributed by atoms with van der Waals surface area (Å²) < 4.78 is 0. The zero-order chi connectivity index (χ0) is 15.2. The molecule has 118 valence electrons. The molecule has 0 radical (unpaired) electrons. The van der Waals surface area contributed by atoms with E-state index in [0.717, 1.165) is 11.1 Å². The normalized spacial score (nSPS) is 11.4. The van der Waals surface area contributed by atoms with E-state index in [1.54, 1.807) is 4.90 Å². The van der Waals surface area contributed by atoms with Crippen molar-refractivity contribution in [2.45, 2.75) is 25.9 Å². The molecular weight excluding hydrogens is 296 g/mol. The Morgan fingerprint density at radius 3 is 2.27 bits per heavy atom. The number of carbonyl (C=O) groups excluding carboxylic acids is 1. The summed E-state index contributed by atoms with van der Waals surface area (Å²) in [5.41, 5.74) is 9.44.